The maximum Gasteiger partial charge on any atom is 0.490 e. The highest BCUT2D eigenvalue weighted by Gasteiger charge is 2.38. The molecule has 0 spiro atoms. The lowest BCUT2D eigenvalue weighted by Crippen LogP contribution is -2.38. The maximum absolute atomic E-state index is 12.8. The van der Waals surface area contributed by atoms with Gasteiger partial charge < -0.3 is 15.3 Å². The first-order valence-electron chi connectivity index (χ1n) is 10.6. The molecule has 0 radical (unpaired) electrons. The van der Waals surface area contributed by atoms with E-state index < -0.39 is 12.1 Å². The summed E-state index contributed by atoms with van der Waals surface area (Å²) in [6.07, 6.45) is 4.56. The number of nitrogens with one attached hydrogen (secondary N) is 1. The van der Waals surface area contributed by atoms with Crippen LogP contribution >= 0.6 is 11.3 Å². The van der Waals surface area contributed by atoms with Gasteiger partial charge in [0.05, 0.1) is 4.88 Å². The van der Waals surface area contributed by atoms with Crippen molar-refractivity contribution >= 4 is 23.2 Å². The summed E-state index contributed by atoms with van der Waals surface area (Å²) in [5.41, 5.74) is 0. The Morgan fingerprint density at radius 3 is 2.50 bits per heavy atom. The van der Waals surface area contributed by atoms with Crippen molar-refractivity contribution in [3.63, 3.8) is 0 Å². The van der Waals surface area contributed by atoms with Crippen LogP contribution in [-0.4, -0.2) is 57.5 Å². The number of carbonyl (C=O) groups excluding carboxylic acids is 1. The minimum Gasteiger partial charge on any atom is -0.475 e. The molecule has 2 fully saturated rings. The van der Waals surface area contributed by atoms with Gasteiger partial charge in [-0.25, -0.2) is 4.79 Å². The quantitative estimate of drug-likeness (QED) is 0.688. The molecule has 1 atom stereocenters. The van der Waals surface area contributed by atoms with E-state index in [0.29, 0.717) is 12.0 Å². The van der Waals surface area contributed by atoms with Crippen LogP contribution in [0.2, 0.25) is 0 Å². The molecule has 0 bridgehead atoms. The Balaban J connectivity index is 0.000000360. The Kier molecular flexibility index (Phi) is 8.30. The lowest BCUT2D eigenvalue weighted by Gasteiger charge is -2.31. The number of thiophene rings is 1. The van der Waals surface area contributed by atoms with Gasteiger partial charge in [-0.2, -0.15) is 18.3 Å². The molecular weight excluding hydrogens is 445 g/mol. The molecule has 2 N–H and O–H groups in total. The largest absolute Gasteiger partial charge is 0.490 e. The van der Waals surface area contributed by atoms with Crippen LogP contribution in [0.25, 0.3) is 0 Å². The van der Waals surface area contributed by atoms with Crippen LogP contribution in [0.4, 0.5) is 13.2 Å². The second kappa shape index (κ2) is 11.0. The first kappa shape index (κ1) is 24.2. The second-order valence-electron chi connectivity index (χ2n) is 7.95. The molecule has 4 heterocycles. The highest BCUT2D eigenvalue weighted by atomic mass is 32.1. The van der Waals surface area contributed by atoms with Crippen LogP contribution in [0, 0.1) is 5.92 Å². The van der Waals surface area contributed by atoms with Crippen molar-refractivity contribution in [2.24, 2.45) is 5.92 Å². The molecule has 2 aromatic rings. The SMILES string of the molecule is O=C(O)C(F)(F)F.O=C(c1ccc(C2CCCN2)s1)N1CCC(CCn2cccn2)CC1. The minimum atomic E-state index is -5.08. The lowest BCUT2D eigenvalue weighted by atomic mass is 9.93. The molecule has 2 saturated heterocycles. The van der Waals surface area contributed by atoms with Gasteiger partial charge in [0.2, 0.25) is 0 Å². The van der Waals surface area contributed by atoms with Crippen LogP contribution in [0.3, 0.4) is 0 Å². The van der Waals surface area contributed by atoms with Crippen LogP contribution < -0.4 is 5.32 Å². The highest BCUT2D eigenvalue weighted by molar-refractivity contribution is 7.14. The van der Waals surface area contributed by atoms with Crippen LogP contribution in [0.15, 0.2) is 30.6 Å². The molecule has 2 aliphatic rings. The normalized spacial score (nSPS) is 19.5. The van der Waals surface area contributed by atoms with Gasteiger partial charge in [-0.05, 0) is 62.8 Å². The van der Waals surface area contributed by atoms with Crippen molar-refractivity contribution in [2.75, 3.05) is 19.6 Å². The Hall–Kier alpha value is -2.40. The topological polar surface area (TPSA) is 87.5 Å². The first-order valence-corrected chi connectivity index (χ1v) is 11.5. The Bertz CT molecular complexity index is 871. The predicted octanol–water partition coefficient (Wildman–Crippen LogP) is 3.94. The van der Waals surface area contributed by atoms with Crippen LogP contribution in [-0.2, 0) is 11.3 Å². The smallest absolute Gasteiger partial charge is 0.475 e. The first-order chi connectivity index (χ1) is 15.2. The molecular formula is C21H27F3N4O3S. The fourth-order valence-corrected chi connectivity index (χ4v) is 5.00. The Morgan fingerprint density at radius 1 is 1.22 bits per heavy atom. The number of halogens is 3. The van der Waals surface area contributed by atoms with E-state index in [0.717, 1.165) is 50.3 Å². The average Bonchev–Trinajstić information content (AvgIpc) is 3.54. The van der Waals surface area contributed by atoms with E-state index in [1.807, 2.05) is 34.1 Å². The maximum atomic E-state index is 12.8. The van der Waals surface area contributed by atoms with Crippen LogP contribution in [0.5, 0.6) is 0 Å². The highest BCUT2D eigenvalue weighted by Crippen LogP contribution is 2.31. The molecule has 176 valence electrons. The molecule has 0 aromatic carbocycles. The number of rotatable bonds is 5. The van der Waals surface area contributed by atoms with E-state index >= 15 is 0 Å². The van der Waals surface area contributed by atoms with Gasteiger partial charge in [0.25, 0.3) is 5.91 Å². The summed E-state index contributed by atoms with van der Waals surface area (Å²) >= 11 is 1.68. The number of alkyl halides is 3. The number of aryl methyl sites for hydroxylation is 1. The van der Waals surface area contributed by atoms with E-state index in [-0.39, 0.29) is 5.91 Å². The summed E-state index contributed by atoms with van der Waals surface area (Å²) in [6.45, 7) is 3.85. The third kappa shape index (κ3) is 6.80. The number of amides is 1. The van der Waals surface area contributed by atoms with E-state index in [1.54, 1.807) is 11.3 Å². The van der Waals surface area contributed by atoms with E-state index in [1.165, 1.54) is 17.7 Å². The zero-order chi connectivity index (χ0) is 23.1. The molecule has 11 heteroatoms. The number of aromatic nitrogens is 2. The van der Waals surface area contributed by atoms with Crippen molar-refractivity contribution in [1.82, 2.24) is 20.0 Å². The van der Waals surface area contributed by atoms with E-state index in [9.17, 15) is 18.0 Å². The van der Waals surface area contributed by atoms with Gasteiger partial charge in [0.15, 0.2) is 0 Å². The molecule has 4 rings (SSSR count). The summed E-state index contributed by atoms with van der Waals surface area (Å²) in [5.74, 6) is -1.83. The number of carboxylic acids is 1. The molecule has 2 aliphatic heterocycles. The van der Waals surface area contributed by atoms with Crippen molar-refractivity contribution in [3.05, 3.63) is 40.3 Å². The fourth-order valence-electron chi connectivity index (χ4n) is 3.91. The van der Waals surface area contributed by atoms with Crippen molar-refractivity contribution in [1.29, 1.82) is 0 Å². The fraction of sp³-hybridized carbons (Fsp3) is 0.571. The summed E-state index contributed by atoms with van der Waals surface area (Å²) < 4.78 is 33.7. The van der Waals surface area contributed by atoms with Gasteiger partial charge in [0, 0.05) is 42.9 Å². The Labute approximate surface area is 188 Å². The predicted molar refractivity (Wildman–Crippen MR) is 113 cm³/mol. The van der Waals surface area contributed by atoms with E-state index in [4.69, 9.17) is 9.90 Å². The number of hydrogen-bond donors (Lipinski definition) is 2. The molecule has 0 aliphatic carbocycles. The molecule has 0 saturated carbocycles. The standard InChI is InChI=1S/C19H26N4OS.C2HF3O2/c24-19(18-5-4-17(25-18)16-3-1-9-20-16)22-12-6-15(7-13-22)8-14-23-11-2-10-21-23;3-2(4,5)1(6)7/h2,4-5,10-11,15-16,20H,1,3,6-9,12-14H2;(H,6,7). The van der Waals surface area contributed by atoms with Crippen molar-refractivity contribution in [2.45, 2.75) is 50.9 Å². The lowest BCUT2D eigenvalue weighted by molar-refractivity contribution is -0.192. The minimum absolute atomic E-state index is 0.222. The molecule has 1 unspecified atom stereocenters. The van der Waals surface area contributed by atoms with Gasteiger partial charge >= 0.3 is 12.1 Å². The summed E-state index contributed by atoms with van der Waals surface area (Å²) in [6, 6.07) is 6.58. The number of carboxylic acid groups (broad SMARTS) is 1. The van der Waals surface area contributed by atoms with Gasteiger partial charge in [-0.3, -0.25) is 9.48 Å². The van der Waals surface area contributed by atoms with Crippen molar-refractivity contribution in [3.8, 4) is 0 Å². The third-order valence-corrected chi connectivity index (χ3v) is 6.90. The van der Waals surface area contributed by atoms with Gasteiger partial charge in [-0.15, -0.1) is 11.3 Å². The van der Waals surface area contributed by atoms with Gasteiger partial charge in [-0.1, -0.05) is 0 Å². The molecule has 1 amide bonds. The number of carbonyl (C=O) groups is 2. The zero-order valence-corrected chi connectivity index (χ0v) is 18.4. The zero-order valence-electron chi connectivity index (χ0n) is 17.6. The average molecular weight is 473 g/mol. The summed E-state index contributed by atoms with van der Waals surface area (Å²) in [4.78, 5) is 25.9. The Morgan fingerprint density at radius 2 is 1.94 bits per heavy atom. The second-order valence-corrected chi connectivity index (χ2v) is 9.06. The number of aliphatic carboxylic acids is 1. The number of hydrogen-bond acceptors (Lipinski definition) is 5. The van der Waals surface area contributed by atoms with Crippen LogP contribution in [0.1, 0.15) is 52.7 Å². The van der Waals surface area contributed by atoms with E-state index in [2.05, 4.69) is 16.5 Å². The molecule has 7 nitrogen and oxygen atoms in total. The third-order valence-electron chi connectivity index (χ3n) is 5.71. The number of piperidine rings is 1. The van der Waals surface area contributed by atoms with Gasteiger partial charge in [0.1, 0.15) is 0 Å². The van der Waals surface area contributed by atoms with Crippen molar-refractivity contribution < 1.29 is 27.9 Å². The summed E-state index contributed by atoms with van der Waals surface area (Å²) in [7, 11) is 0. The molecule has 32 heavy (non-hydrogen) atoms. The molecule has 2 aromatic heterocycles. The monoisotopic (exact) mass is 472 g/mol. The number of nitrogens with zero attached hydrogens (tertiary/aromatic N) is 3. The summed E-state index contributed by atoms with van der Waals surface area (Å²) in [5, 5.41) is 14.9. The number of likely N-dealkylation sites (tertiary alicyclic amines) is 1.